The first-order valence-electron chi connectivity index (χ1n) is 6.48. The lowest BCUT2D eigenvalue weighted by atomic mass is 9.78. The van der Waals surface area contributed by atoms with Gasteiger partial charge in [0.05, 0.1) is 17.5 Å². The Morgan fingerprint density at radius 2 is 1.90 bits per heavy atom. The van der Waals surface area contributed by atoms with Gasteiger partial charge in [0.2, 0.25) is 5.91 Å². The molecule has 0 bridgehead atoms. The SMILES string of the molecule is O=C(O)[C@H]1CCCC[C@H]1C(=O)Nc1cc(Cl)ccc1Br. The largest absolute Gasteiger partial charge is 0.481 e. The molecule has 108 valence electrons. The van der Waals surface area contributed by atoms with Crippen LogP contribution in [0.4, 0.5) is 5.69 Å². The number of hydrogen-bond acceptors (Lipinski definition) is 2. The second-order valence-electron chi connectivity index (χ2n) is 4.95. The Labute approximate surface area is 130 Å². The number of amides is 1. The van der Waals surface area contributed by atoms with E-state index in [0.29, 0.717) is 23.6 Å². The Kier molecular flexibility index (Phi) is 5.05. The molecule has 1 aliphatic carbocycles. The standard InChI is InChI=1S/C14H15BrClNO3/c15-11-6-5-8(16)7-12(11)17-13(18)9-3-1-2-4-10(9)14(19)20/h5-7,9-10H,1-4H2,(H,17,18)(H,19,20)/t9-,10+/m1/s1. The van der Waals surface area contributed by atoms with Crippen LogP contribution in [-0.4, -0.2) is 17.0 Å². The molecule has 0 unspecified atom stereocenters. The molecule has 2 atom stereocenters. The van der Waals surface area contributed by atoms with Crippen LogP contribution in [0, 0.1) is 11.8 Å². The predicted molar refractivity (Wildman–Crippen MR) is 80.9 cm³/mol. The zero-order valence-corrected chi connectivity index (χ0v) is 13.1. The van der Waals surface area contributed by atoms with Crippen molar-refractivity contribution in [1.29, 1.82) is 0 Å². The summed E-state index contributed by atoms with van der Waals surface area (Å²) in [7, 11) is 0. The Balaban J connectivity index is 2.14. The van der Waals surface area contributed by atoms with E-state index in [-0.39, 0.29) is 5.91 Å². The minimum atomic E-state index is -0.894. The van der Waals surface area contributed by atoms with E-state index in [9.17, 15) is 14.7 Å². The lowest BCUT2D eigenvalue weighted by molar-refractivity contribution is -0.147. The van der Waals surface area contributed by atoms with E-state index in [1.165, 1.54) is 0 Å². The van der Waals surface area contributed by atoms with Crippen molar-refractivity contribution in [1.82, 2.24) is 0 Å². The number of carboxylic acids is 1. The number of hydrogen-bond donors (Lipinski definition) is 2. The maximum Gasteiger partial charge on any atom is 0.307 e. The first-order chi connectivity index (χ1) is 9.49. The van der Waals surface area contributed by atoms with Gasteiger partial charge in [-0.25, -0.2) is 0 Å². The first kappa shape index (κ1) is 15.3. The van der Waals surface area contributed by atoms with E-state index >= 15 is 0 Å². The lowest BCUT2D eigenvalue weighted by Gasteiger charge is -2.27. The van der Waals surface area contributed by atoms with Crippen LogP contribution >= 0.6 is 27.5 Å². The maximum atomic E-state index is 12.3. The molecular weight excluding hydrogens is 346 g/mol. The monoisotopic (exact) mass is 359 g/mol. The average Bonchev–Trinajstić information content (AvgIpc) is 2.42. The summed E-state index contributed by atoms with van der Waals surface area (Å²) in [6.07, 6.45) is 2.92. The third kappa shape index (κ3) is 3.52. The fraction of sp³-hybridized carbons (Fsp3) is 0.429. The number of aliphatic carboxylic acids is 1. The smallest absolute Gasteiger partial charge is 0.307 e. The Bertz CT molecular complexity index is 535. The van der Waals surface area contributed by atoms with E-state index in [4.69, 9.17) is 11.6 Å². The maximum absolute atomic E-state index is 12.3. The van der Waals surface area contributed by atoms with Gasteiger partial charge >= 0.3 is 5.97 Å². The number of carbonyl (C=O) groups excluding carboxylic acids is 1. The summed E-state index contributed by atoms with van der Waals surface area (Å²) < 4.78 is 0.720. The van der Waals surface area contributed by atoms with E-state index in [0.717, 1.165) is 17.3 Å². The van der Waals surface area contributed by atoms with Crippen molar-refractivity contribution in [3.63, 3.8) is 0 Å². The zero-order valence-electron chi connectivity index (χ0n) is 10.7. The highest BCUT2D eigenvalue weighted by molar-refractivity contribution is 9.10. The Morgan fingerprint density at radius 1 is 1.25 bits per heavy atom. The van der Waals surface area contributed by atoms with Gasteiger partial charge in [0.25, 0.3) is 0 Å². The number of benzene rings is 1. The van der Waals surface area contributed by atoms with Crippen LogP contribution in [0.25, 0.3) is 0 Å². The van der Waals surface area contributed by atoms with Gasteiger partial charge in [-0.3, -0.25) is 9.59 Å². The highest BCUT2D eigenvalue weighted by Gasteiger charge is 2.35. The predicted octanol–water partition coefficient (Wildman–Crippen LogP) is 3.93. The summed E-state index contributed by atoms with van der Waals surface area (Å²) in [6.45, 7) is 0. The van der Waals surface area contributed by atoms with E-state index in [2.05, 4.69) is 21.2 Å². The molecule has 0 heterocycles. The highest BCUT2D eigenvalue weighted by Crippen LogP contribution is 2.33. The van der Waals surface area contributed by atoms with E-state index in [1.807, 2.05) is 0 Å². The molecule has 0 saturated heterocycles. The Morgan fingerprint density at radius 3 is 2.55 bits per heavy atom. The molecule has 1 aliphatic rings. The number of carboxylic acid groups (broad SMARTS) is 1. The lowest BCUT2D eigenvalue weighted by Crippen LogP contribution is -2.36. The molecule has 0 aromatic heterocycles. The van der Waals surface area contributed by atoms with Gasteiger partial charge in [-0.15, -0.1) is 0 Å². The van der Waals surface area contributed by atoms with Crippen molar-refractivity contribution < 1.29 is 14.7 Å². The summed E-state index contributed by atoms with van der Waals surface area (Å²) >= 11 is 9.24. The molecule has 0 radical (unpaired) electrons. The summed E-state index contributed by atoms with van der Waals surface area (Å²) in [4.78, 5) is 23.5. The zero-order chi connectivity index (χ0) is 14.7. The number of anilines is 1. The van der Waals surface area contributed by atoms with Crippen LogP contribution in [0.15, 0.2) is 22.7 Å². The van der Waals surface area contributed by atoms with Crippen molar-refractivity contribution in [3.05, 3.63) is 27.7 Å². The van der Waals surface area contributed by atoms with Gasteiger partial charge in [-0.05, 0) is 47.0 Å². The number of rotatable bonds is 3. The molecule has 1 amide bonds. The summed E-state index contributed by atoms with van der Waals surface area (Å²) in [5.41, 5.74) is 0.567. The molecule has 6 heteroatoms. The second-order valence-corrected chi connectivity index (χ2v) is 6.24. The highest BCUT2D eigenvalue weighted by atomic mass is 79.9. The van der Waals surface area contributed by atoms with Crippen molar-refractivity contribution in [3.8, 4) is 0 Å². The number of halogens is 2. The quantitative estimate of drug-likeness (QED) is 0.858. The van der Waals surface area contributed by atoms with Gasteiger partial charge < -0.3 is 10.4 Å². The van der Waals surface area contributed by atoms with Gasteiger partial charge in [0, 0.05) is 9.50 Å². The second kappa shape index (κ2) is 6.59. The fourth-order valence-corrected chi connectivity index (χ4v) is 3.08. The minimum absolute atomic E-state index is 0.250. The van der Waals surface area contributed by atoms with Crippen LogP contribution in [0.5, 0.6) is 0 Å². The third-order valence-electron chi connectivity index (χ3n) is 3.61. The summed E-state index contributed by atoms with van der Waals surface area (Å²) in [6, 6.07) is 5.09. The van der Waals surface area contributed by atoms with Gasteiger partial charge in [0.15, 0.2) is 0 Å². The fourth-order valence-electron chi connectivity index (χ4n) is 2.56. The average molecular weight is 361 g/mol. The van der Waals surface area contributed by atoms with Crippen molar-refractivity contribution in [2.24, 2.45) is 11.8 Å². The number of nitrogens with one attached hydrogen (secondary N) is 1. The van der Waals surface area contributed by atoms with Crippen molar-refractivity contribution in [2.75, 3.05) is 5.32 Å². The molecule has 2 rings (SSSR count). The first-order valence-corrected chi connectivity index (χ1v) is 7.65. The molecule has 1 saturated carbocycles. The summed E-state index contributed by atoms with van der Waals surface area (Å²) in [5.74, 6) is -2.22. The van der Waals surface area contributed by atoms with Crippen molar-refractivity contribution >= 4 is 45.1 Å². The third-order valence-corrected chi connectivity index (χ3v) is 4.53. The van der Waals surface area contributed by atoms with Gasteiger partial charge in [-0.2, -0.15) is 0 Å². The van der Waals surface area contributed by atoms with Crippen LogP contribution < -0.4 is 5.32 Å². The molecule has 4 nitrogen and oxygen atoms in total. The van der Waals surface area contributed by atoms with Gasteiger partial charge in [-0.1, -0.05) is 24.4 Å². The molecule has 1 aromatic carbocycles. The van der Waals surface area contributed by atoms with E-state index < -0.39 is 17.8 Å². The molecule has 0 spiro atoms. The van der Waals surface area contributed by atoms with Gasteiger partial charge in [0.1, 0.15) is 0 Å². The summed E-state index contributed by atoms with van der Waals surface area (Å²) in [5, 5.41) is 12.5. The van der Waals surface area contributed by atoms with Crippen LogP contribution in [0.3, 0.4) is 0 Å². The van der Waals surface area contributed by atoms with Crippen LogP contribution in [0.2, 0.25) is 5.02 Å². The minimum Gasteiger partial charge on any atom is -0.481 e. The topological polar surface area (TPSA) is 66.4 Å². The van der Waals surface area contributed by atoms with Crippen LogP contribution in [-0.2, 0) is 9.59 Å². The van der Waals surface area contributed by atoms with Crippen molar-refractivity contribution in [2.45, 2.75) is 25.7 Å². The molecule has 20 heavy (non-hydrogen) atoms. The molecule has 0 aliphatic heterocycles. The molecule has 1 fully saturated rings. The molecular formula is C14H15BrClNO3. The Hall–Kier alpha value is -1.07. The van der Waals surface area contributed by atoms with Crippen LogP contribution in [0.1, 0.15) is 25.7 Å². The molecule has 1 aromatic rings. The number of carbonyl (C=O) groups is 2. The van der Waals surface area contributed by atoms with E-state index in [1.54, 1.807) is 18.2 Å². The molecule has 2 N–H and O–H groups in total. The normalized spacial score (nSPS) is 22.3.